The summed E-state index contributed by atoms with van der Waals surface area (Å²) in [6, 6.07) is 5.93. The Balaban J connectivity index is 0.00000288. The fraction of sp³-hybridized carbons (Fsp3) is 0.588. The largest absolute Gasteiger partial charge is 0.493 e. The molecule has 1 aliphatic heterocycles. The molecule has 2 N–H and O–H groups in total. The Morgan fingerprint density at radius 1 is 1.33 bits per heavy atom. The van der Waals surface area contributed by atoms with Gasteiger partial charge in [0.15, 0.2) is 17.5 Å². The first-order valence-corrected chi connectivity index (χ1v) is 8.12. The molecule has 1 aliphatic rings. The van der Waals surface area contributed by atoms with E-state index in [1.54, 1.807) is 14.2 Å². The lowest BCUT2D eigenvalue weighted by molar-refractivity contribution is 0.114. The summed E-state index contributed by atoms with van der Waals surface area (Å²) in [5.41, 5.74) is 1.11. The number of nitrogens with one attached hydrogen (secondary N) is 2. The van der Waals surface area contributed by atoms with Crippen molar-refractivity contribution in [3.8, 4) is 11.5 Å². The van der Waals surface area contributed by atoms with Crippen molar-refractivity contribution in [2.45, 2.75) is 32.4 Å². The first-order valence-electron chi connectivity index (χ1n) is 8.12. The lowest BCUT2D eigenvalue weighted by Crippen LogP contribution is -2.40. The van der Waals surface area contributed by atoms with Gasteiger partial charge in [0.05, 0.1) is 19.8 Å². The second-order valence-corrected chi connectivity index (χ2v) is 5.36. The highest BCUT2D eigenvalue weighted by molar-refractivity contribution is 14.0. The van der Waals surface area contributed by atoms with E-state index in [4.69, 9.17) is 14.2 Å². The molecule has 1 aromatic rings. The van der Waals surface area contributed by atoms with Crippen LogP contribution in [0.1, 0.15) is 25.3 Å². The number of hydrogen-bond donors (Lipinski definition) is 2. The average Bonchev–Trinajstić information content (AvgIpc) is 3.09. The maximum absolute atomic E-state index is 5.60. The van der Waals surface area contributed by atoms with Gasteiger partial charge in [-0.25, -0.2) is 0 Å². The number of hydrogen-bond acceptors (Lipinski definition) is 4. The zero-order chi connectivity index (χ0) is 16.5. The lowest BCUT2D eigenvalue weighted by Gasteiger charge is -2.16. The highest BCUT2D eigenvalue weighted by Gasteiger charge is 2.15. The van der Waals surface area contributed by atoms with Crippen molar-refractivity contribution in [3.63, 3.8) is 0 Å². The monoisotopic (exact) mass is 449 g/mol. The van der Waals surface area contributed by atoms with Gasteiger partial charge >= 0.3 is 0 Å². The molecule has 24 heavy (non-hydrogen) atoms. The molecular weight excluding hydrogens is 421 g/mol. The van der Waals surface area contributed by atoms with Gasteiger partial charge in [0.1, 0.15) is 0 Å². The second-order valence-electron chi connectivity index (χ2n) is 5.36. The van der Waals surface area contributed by atoms with Gasteiger partial charge in [-0.15, -0.1) is 24.0 Å². The van der Waals surface area contributed by atoms with Crippen molar-refractivity contribution in [1.82, 2.24) is 10.6 Å². The van der Waals surface area contributed by atoms with Crippen LogP contribution in [0.4, 0.5) is 0 Å². The van der Waals surface area contributed by atoms with E-state index in [9.17, 15) is 0 Å². The molecule has 1 saturated heterocycles. The van der Waals surface area contributed by atoms with E-state index < -0.39 is 0 Å². The van der Waals surface area contributed by atoms with Gasteiger partial charge in [-0.3, -0.25) is 4.99 Å². The lowest BCUT2D eigenvalue weighted by atomic mass is 10.2. The van der Waals surface area contributed by atoms with Crippen LogP contribution in [0.3, 0.4) is 0 Å². The molecular formula is C17H28IN3O3. The molecule has 0 aliphatic carbocycles. The zero-order valence-electron chi connectivity index (χ0n) is 14.6. The van der Waals surface area contributed by atoms with Crippen molar-refractivity contribution in [2.75, 3.05) is 33.9 Å². The highest BCUT2D eigenvalue weighted by atomic mass is 127. The van der Waals surface area contributed by atoms with Crippen LogP contribution in [-0.2, 0) is 11.3 Å². The number of guanidine groups is 1. The standard InChI is InChI=1S/C17H27N3O3.HI/c1-4-22-16-10-13(7-8-15(16)21-3)11-19-17(18-2)20-12-14-6-5-9-23-14;/h7-8,10,14H,4-6,9,11-12H2,1-3H3,(H2,18,19,20);1H. The topological polar surface area (TPSA) is 64.1 Å². The Hall–Kier alpha value is -1.22. The minimum Gasteiger partial charge on any atom is -0.493 e. The third kappa shape index (κ3) is 6.35. The van der Waals surface area contributed by atoms with Crippen molar-refractivity contribution in [1.29, 1.82) is 0 Å². The first kappa shape index (κ1) is 20.8. The Labute approximate surface area is 161 Å². The Bertz CT molecular complexity index is 520. The smallest absolute Gasteiger partial charge is 0.191 e. The summed E-state index contributed by atoms with van der Waals surface area (Å²) in [4.78, 5) is 4.24. The Morgan fingerprint density at radius 3 is 2.79 bits per heavy atom. The predicted molar refractivity (Wildman–Crippen MR) is 107 cm³/mol. The minimum atomic E-state index is 0. The molecule has 1 unspecified atom stereocenters. The van der Waals surface area contributed by atoms with Gasteiger partial charge in [-0.2, -0.15) is 0 Å². The fourth-order valence-electron chi connectivity index (χ4n) is 2.52. The van der Waals surface area contributed by atoms with E-state index in [0.717, 1.165) is 49.0 Å². The van der Waals surface area contributed by atoms with Crippen molar-refractivity contribution < 1.29 is 14.2 Å². The van der Waals surface area contributed by atoms with Crippen molar-refractivity contribution in [2.24, 2.45) is 4.99 Å². The molecule has 1 aromatic carbocycles. The molecule has 2 rings (SSSR count). The number of rotatable bonds is 7. The van der Waals surface area contributed by atoms with Gasteiger partial charge in [0.25, 0.3) is 0 Å². The SMILES string of the molecule is CCOc1cc(CNC(=NC)NCC2CCCO2)ccc1OC.I. The van der Waals surface area contributed by atoms with Crippen LogP contribution in [0.15, 0.2) is 23.2 Å². The van der Waals surface area contributed by atoms with Gasteiger partial charge < -0.3 is 24.8 Å². The van der Waals surface area contributed by atoms with E-state index in [2.05, 4.69) is 15.6 Å². The Kier molecular flexibility index (Phi) is 9.85. The summed E-state index contributed by atoms with van der Waals surface area (Å²) in [7, 11) is 3.41. The molecule has 136 valence electrons. The molecule has 0 bridgehead atoms. The maximum Gasteiger partial charge on any atom is 0.191 e. The second kappa shape index (κ2) is 11.4. The quantitative estimate of drug-likeness (QED) is 0.381. The highest BCUT2D eigenvalue weighted by Crippen LogP contribution is 2.27. The first-order chi connectivity index (χ1) is 11.3. The molecule has 0 spiro atoms. The summed E-state index contributed by atoms with van der Waals surface area (Å²) in [5, 5.41) is 6.61. The number of nitrogens with zero attached hydrogens (tertiary/aromatic N) is 1. The number of ether oxygens (including phenoxy) is 3. The normalized spacial score (nSPS) is 17.1. The zero-order valence-corrected chi connectivity index (χ0v) is 17.0. The minimum absolute atomic E-state index is 0. The maximum atomic E-state index is 5.60. The molecule has 0 saturated carbocycles. The third-order valence-corrected chi connectivity index (χ3v) is 3.73. The van der Waals surface area contributed by atoms with Crippen molar-refractivity contribution >= 4 is 29.9 Å². The Morgan fingerprint density at radius 2 is 2.17 bits per heavy atom. The fourth-order valence-corrected chi connectivity index (χ4v) is 2.52. The number of methoxy groups -OCH3 is 1. The van der Waals surface area contributed by atoms with E-state index in [-0.39, 0.29) is 24.0 Å². The summed E-state index contributed by atoms with van der Waals surface area (Å²) in [5.74, 6) is 2.28. The molecule has 1 fully saturated rings. The molecule has 0 radical (unpaired) electrons. The molecule has 6 nitrogen and oxygen atoms in total. The molecule has 1 heterocycles. The van der Waals surface area contributed by atoms with Crippen LogP contribution in [0.2, 0.25) is 0 Å². The van der Waals surface area contributed by atoms with Gasteiger partial charge in [0.2, 0.25) is 0 Å². The summed E-state index contributed by atoms with van der Waals surface area (Å²) >= 11 is 0. The van der Waals surface area contributed by atoms with E-state index in [1.165, 1.54) is 0 Å². The van der Waals surface area contributed by atoms with Gasteiger partial charge in [-0.1, -0.05) is 6.07 Å². The van der Waals surface area contributed by atoms with Crippen LogP contribution in [0.25, 0.3) is 0 Å². The average molecular weight is 449 g/mol. The molecule has 0 aromatic heterocycles. The summed E-state index contributed by atoms with van der Waals surface area (Å²) in [6.07, 6.45) is 2.55. The van der Waals surface area contributed by atoms with E-state index >= 15 is 0 Å². The summed E-state index contributed by atoms with van der Waals surface area (Å²) < 4.78 is 16.5. The van der Waals surface area contributed by atoms with Crippen LogP contribution >= 0.6 is 24.0 Å². The number of benzene rings is 1. The number of halogens is 1. The molecule has 0 amide bonds. The van der Waals surface area contributed by atoms with Gasteiger partial charge in [0, 0.05) is 26.7 Å². The molecule has 1 atom stereocenters. The van der Waals surface area contributed by atoms with Crippen molar-refractivity contribution in [3.05, 3.63) is 23.8 Å². The van der Waals surface area contributed by atoms with Crippen LogP contribution < -0.4 is 20.1 Å². The van der Waals surface area contributed by atoms with Gasteiger partial charge in [-0.05, 0) is 37.5 Å². The summed E-state index contributed by atoms with van der Waals surface area (Å²) in [6.45, 7) is 4.88. The van der Waals surface area contributed by atoms with Crippen LogP contribution in [-0.4, -0.2) is 46.0 Å². The van der Waals surface area contributed by atoms with E-state index in [1.807, 2.05) is 25.1 Å². The van der Waals surface area contributed by atoms with Crippen LogP contribution in [0.5, 0.6) is 11.5 Å². The van der Waals surface area contributed by atoms with Crippen LogP contribution in [0, 0.1) is 0 Å². The molecule has 7 heteroatoms. The third-order valence-electron chi connectivity index (χ3n) is 3.73. The predicted octanol–water partition coefficient (Wildman–Crippen LogP) is 2.56. The number of aliphatic imine (C=N–C) groups is 1. The van der Waals surface area contributed by atoms with E-state index in [0.29, 0.717) is 19.3 Å².